The zero-order valence-corrected chi connectivity index (χ0v) is 12.3. The van der Waals surface area contributed by atoms with Crippen molar-refractivity contribution in [2.45, 2.75) is 37.6 Å². The summed E-state index contributed by atoms with van der Waals surface area (Å²) in [6.45, 7) is 4.31. The molecule has 0 aromatic heterocycles. The lowest BCUT2D eigenvalue weighted by atomic mass is 10.0. The molecular weight excluding hydrogens is 266 g/mol. The van der Waals surface area contributed by atoms with Gasteiger partial charge in [0.1, 0.15) is 0 Å². The standard InChI is InChI=1S/C13H21NO4S/c1-4-13(8-15,9-16)14-19(17,18)12-7-10(2)5-6-11(12)3/h5-7,14-16H,4,8-9H2,1-3H3. The van der Waals surface area contributed by atoms with Crippen molar-refractivity contribution >= 4 is 10.0 Å². The van der Waals surface area contributed by atoms with Gasteiger partial charge >= 0.3 is 0 Å². The Morgan fingerprint density at radius 2 is 1.79 bits per heavy atom. The van der Waals surface area contributed by atoms with Gasteiger partial charge in [-0.1, -0.05) is 19.1 Å². The number of rotatable bonds is 6. The molecule has 0 aliphatic rings. The molecule has 1 rings (SSSR count). The van der Waals surface area contributed by atoms with E-state index < -0.39 is 28.8 Å². The normalized spacial score (nSPS) is 12.7. The van der Waals surface area contributed by atoms with Gasteiger partial charge in [0.25, 0.3) is 0 Å². The highest BCUT2D eigenvalue weighted by atomic mass is 32.2. The second-order valence-corrected chi connectivity index (χ2v) is 6.48. The van der Waals surface area contributed by atoms with E-state index >= 15 is 0 Å². The van der Waals surface area contributed by atoms with Crippen molar-refractivity contribution in [3.05, 3.63) is 29.3 Å². The third-order valence-corrected chi connectivity index (χ3v) is 4.99. The van der Waals surface area contributed by atoms with E-state index in [2.05, 4.69) is 4.72 Å². The quantitative estimate of drug-likeness (QED) is 0.719. The fourth-order valence-electron chi connectivity index (χ4n) is 1.75. The van der Waals surface area contributed by atoms with E-state index in [1.54, 1.807) is 26.0 Å². The van der Waals surface area contributed by atoms with Crippen LogP contribution < -0.4 is 4.72 Å². The molecule has 0 bridgehead atoms. The zero-order valence-electron chi connectivity index (χ0n) is 11.5. The Kier molecular flexibility index (Phi) is 5.09. The van der Waals surface area contributed by atoms with Gasteiger partial charge in [-0.15, -0.1) is 0 Å². The maximum atomic E-state index is 12.4. The molecule has 0 aliphatic heterocycles. The summed E-state index contributed by atoms with van der Waals surface area (Å²) in [5.74, 6) is 0. The number of hydrogen-bond acceptors (Lipinski definition) is 4. The average molecular weight is 287 g/mol. The second kappa shape index (κ2) is 6.00. The Hall–Kier alpha value is -0.950. The first-order chi connectivity index (χ1) is 8.80. The number of aliphatic hydroxyl groups is 2. The van der Waals surface area contributed by atoms with Gasteiger partial charge in [0, 0.05) is 0 Å². The molecule has 1 aromatic carbocycles. The van der Waals surface area contributed by atoms with Gasteiger partial charge in [-0.2, -0.15) is 0 Å². The van der Waals surface area contributed by atoms with E-state index in [1.165, 1.54) is 0 Å². The summed E-state index contributed by atoms with van der Waals surface area (Å²) in [5, 5.41) is 18.6. The smallest absolute Gasteiger partial charge is 0.241 e. The van der Waals surface area contributed by atoms with Crippen molar-refractivity contribution in [1.82, 2.24) is 4.72 Å². The summed E-state index contributed by atoms with van der Waals surface area (Å²) in [6.07, 6.45) is 0.296. The van der Waals surface area contributed by atoms with Crippen molar-refractivity contribution in [2.24, 2.45) is 0 Å². The number of nitrogens with one attached hydrogen (secondary N) is 1. The lowest BCUT2D eigenvalue weighted by Gasteiger charge is -2.29. The van der Waals surface area contributed by atoms with Crippen LogP contribution in [0.5, 0.6) is 0 Å². The van der Waals surface area contributed by atoms with E-state index in [0.29, 0.717) is 12.0 Å². The summed E-state index contributed by atoms with van der Waals surface area (Å²) < 4.78 is 27.1. The van der Waals surface area contributed by atoms with Crippen molar-refractivity contribution < 1.29 is 18.6 Å². The predicted molar refractivity (Wildman–Crippen MR) is 73.4 cm³/mol. The lowest BCUT2D eigenvalue weighted by molar-refractivity contribution is 0.105. The number of sulfonamides is 1. The molecular formula is C13H21NO4S. The van der Waals surface area contributed by atoms with Crippen LogP contribution >= 0.6 is 0 Å². The SMILES string of the molecule is CCC(CO)(CO)NS(=O)(=O)c1cc(C)ccc1C. The highest BCUT2D eigenvalue weighted by Crippen LogP contribution is 2.20. The predicted octanol–water partition coefficient (Wildman–Crippen LogP) is 0.715. The molecule has 0 fully saturated rings. The monoisotopic (exact) mass is 287 g/mol. The van der Waals surface area contributed by atoms with Gasteiger partial charge in [0.2, 0.25) is 10.0 Å². The number of aryl methyl sites for hydroxylation is 2. The molecule has 0 saturated carbocycles. The summed E-state index contributed by atoms with van der Waals surface area (Å²) in [6, 6.07) is 5.14. The third-order valence-electron chi connectivity index (χ3n) is 3.27. The highest BCUT2D eigenvalue weighted by molar-refractivity contribution is 7.89. The Balaban J connectivity index is 3.21. The summed E-state index contributed by atoms with van der Waals surface area (Å²) in [5.41, 5.74) is 0.231. The molecule has 1 aromatic rings. The first-order valence-electron chi connectivity index (χ1n) is 6.13. The molecule has 0 saturated heterocycles. The first-order valence-corrected chi connectivity index (χ1v) is 7.61. The fourth-order valence-corrected chi connectivity index (χ4v) is 3.53. The second-order valence-electron chi connectivity index (χ2n) is 4.82. The van der Waals surface area contributed by atoms with Gasteiger partial charge in [-0.3, -0.25) is 0 Å². The van der Waals surface area contributed by atoms with Crippen molar-refractivity contribution in [1.29, 1.82) is 0 Å². The Bertz CT molecular complexity index is 527. The minimum atomic E-state index is -3.78. The molecule has 0 amide bonds. The van der Waals surface area contributed by atoms with Crippen LogP contribution in [0.25, 0.3) is 0 Å². The minimum Gasteiger partial charge on any atom is -0.394 e. The topological polar surface area (TPSA) is 86.6 Å². The molecule has 3 N–H and O–H groups in total. The minimum absolute atomic E-state index is 0.173. The summed E-state index contributed by atoms with van der Waals surface area (Å²) in [4.78, 5) is 0.173. The van der Waals surface area contributed by atoms with Crippen LogP contribution in [0.1, 0.15) is 24.5 Å². The largest absolute Gasteiger partial charge is 0.394 e. The van der Waals surface area contributed by atoms with E-state index in [1.807, 2.05) is 13.0 Å². The molecule has 19 heavy (non-hydrogen) atoms. The molecule has 0 unspecified atom stereocenters. The average Bonchev–Trinajstić information content (AvgIpc) is 2.39. The maximum absolute atomic E-state index is 12.4. The molecule has 6 heteroatoms. The number of benzene rings is 1. The van der Waals surface area contributed by atoms with Gasteiger partial charge < -0.3 is 10.2 Å². The van der Waals surface area contributed by atoms with E-state index in [4.69, 9.17) is 0 Å². The van der Waals surface area contributed by atoms with Crippen LogP contribution in [-0.4, -0.2) is 37.4 Å². The van der Waals surface area contributed by atoms with Crippen LogP contribution in [0.3, 0.4) is 0 Å². The summed E-state index contributed by atoms with van der Waals surface area (Å²) >= 11 is 0. The lowest BCUT2D eigenvalue weighted by Crippen LogP contribution is -2.53. The molecule has 0 atom stereocenters. The van der Waals surface area contributed by atoms with Crippen LogP contribution in [0.4, 0.5) is 0 Å². The first kappa shape index (κ1) is 16.1. The van der Waals surface area contributed by atoms with Crippen LogP contribution in [-0.2, 0) is 10.0 Å². The molecule has 0 radical (unpaired) electrons. The van der Waals surface area contributed by atoms with Crippen molar-refractivity contribution in [3.8, 4) is 0 Å². The van der Waals surface area contributed by atoms with E-state index in [9.17, 15) is 18.6 Å². The van der Waals surface area contributed by atoms with Gasteiger partial charge in [-0.25, -0.2) is 13.1 Å². The molecule has 108 valence electrons. The van der Waals surface area contributed by atoms with Gasteiger partial charge in [0.05, 0.1) is 23.6 Å². The van der Waals surface area contributed by atoms with Gasteiger partial charge in [-0.05, 0) is 37.5 Å². The summed E-state index contributed by atoms with van der Waals surface area (Å²) in [7, 11) is -3.78. The molecule has 5 nitrogen and oxygen atoms in total. The van der Waals surface area contributed by atoms with Crippen LogP contribution in [0.15, 0.2) is 23.1 Å². The van der Waals surface area contributed by atoms with Gasteiger partial charge in [0.15, 0.2) is 0 Å². The van der Waals surface area contributed by atoms with Crippen LogP contribution in [0.2, 0.25) is 0 Å². The van der Waals surface area contributed by atoms with E-state index in [0.717, 1.165) is 5.56 Å². The maximum Gasteiger partial charge on any atom is 0.241 e. The van der Waals surface area contributed by atoms with Crippen molar-refractivity contribution in [3.63, 3.8) is 0 Å². The zero-order chi connectivity index (χ0) is 14.7. The fraction of sp³-hybridized carbons (Fsp3) is 0.538. The Morgan fingerprint density at radius 1 is 1.21 bits per heavy atom. The third kappa shape index (κ3) is 3.54. The van der Waals surface area contributed by atoms with Crippen LogP contribution in [0, 0.1) is 13.8 Å². The van der Waals surface area contributed by atoms with Crippen molar-refractivity contribution in [2.75, 3.05) is 13.2 Å². The number of aliphatic hydroxyl groups excluding tert-OH is 2. The number of hydrogen-bond donors (Lipinski definition) is 3. The van der Waals surface area contributed by atoms with E-state index in [-0.39, 0.29) is 4.90 Å². The Morgan fingerprint density at radius 3 is 2.26 bits per heavy atom. The molecule has 0 spiro atoms. The highest BCUT2D eigenvalue weighted by Gasteiger charge is 2.33. The molecule has 0 aliphatic carbocycles. The Labute approximate surface area is 114 Å². The molecule has 0 heterocycles.